The average Bonchev–Trinajstić information content (AvgIpc) is 2.97. The number of anilines is 1. The van der Waals surface area contributed by atoms with Gasteiger partial charge in [-0.15, -0.1) is 0 Å². The van der Waals surface area contributed by atoms with Gasteiger partial charge in [-0.3, -0.25) is 14.6 Å². The van der Waals surface area contributed by atoms with E-state index in [0.29, 0.717) is 23.6 Å². The van der Waals surface area contributed by atoms with Crippen LogP contribution < -0.4 is 11.1 Å². The minimum absolute atomic E-state index is 0.281. The average molecular weight is 263 g/mol. The first-order valence-corrected chi connectivity index (χ1v) is 6.02. The number of carbonyl (C=O) groups is 1. The van der Waals surface area contributed by atoms with E-state index in [1.165, 1.54) is 11.0 Å². The number of hydrogen-bond donors (Lipinski definition) is 3. The Labute approximate surface area is 110 Å². The molecule has 1 unspecified atom stereocenters. The molecular weight excluding hydrogens is 246 g/mol. The summed E-state index contributed by atoms with van der Waals surface area (Å²) in [5.41, 5.74) is 7.44. The highest BCUT2D eigenvalue weighted by Crippen LogP contribution is 2.17. The summed E-state index contributed by atoms with van der Waals surface area (Å²) in [6.45, 7) is 3.75. The molecule has 0 aliphatic rings. The SMILES string of the molecule is CCc1nn(C)c(C(=O)NC(C)c2ncn[nH]2)c1N. The van der Waals surface area contributed by atoms with Crippen LogP contribution >= 0.6 is 0 Å². The monoisotopic (exact) mass is 263 g/mol. The molecule has 2 aromatic rings. The molecule has 0 saturated carbocycles. The Hall–Kier alpha value is -2.38. The molecule has 2 heterocycles. The quantitative estimate of drug-likeness (QED) is 0.727. The van der Waals surface area contributed by atoms with Crippen molar-refractivity contribution in [1.29, 1.82) is 0 Å². The Morgan fingerprint density at radius 3 is 2.89 bits per heavy atom. The zero-order chi connectivity index (χ0) is 14.0. The Bertz CT molecular complexity index is 572. The fourth-order valence-corrected chi connectivity index (χ4v) is 1.88. The number of aromatic nitrogens is 5. The normalized spacial score (nSPS) is 12.4. The summed E-state index contributed by atoms with van der Waals surface area (Å²) in [5, 5.41) is 13.5. The molecule has 8 heteroatoms. The van der Waals surface area contributed by atoms with Crippen LogP contribution in [0.4, 0.5) is 5.69 Å². The van der Waals surface area contributed by atoms with Crippen LogP contribution in [0.3, 0.4) is 0 Å². The van der Waals surface area contributed by atoms with Crippen LogP contribution in [-0.4, -0.2) is 30.9 Å². The Kier molecular flexibility index (Phi) is 3.50. The van der Waals surface area contributed by atoms with Crippen LogP contribution in [0.5, 0.6) is 0 Å². The van der Waals surface area contributed by atoms with E-state index in [9.17, 15) is 4.79 Å². The van der Waals surface area contributed by atoms with Gasteiger partial charge in [0.15, 0.2) is 0 Å². The molecule has 19 heavy (non-hydrogen) atoms. The van der Waals surface area contributed by atoms with E-state index in [2.05, 4.69) is 25.6 Å². The highest BCUT2D eigenvalue weighted by Gasteiger charge is 2.21. The van der Waals surface area contributed by atoms with E-state index >= 15 is 0 Å². The number of hydrogen-bond acceptors (Lipinski definition) is 5. The summed E-state index contributed by atoms with van der Waals surface area (Å²) >= 11 is 0. The molecule has 0 spiro atoms. The van der Waals surface area contributed by atoms with E-state index in [4.69, 9.17) is 5.73 Å². The first-order valence-electron chi connectivity index (χ1n) is 6.02. The summed E-state index contributed by atoms with van der Waals surface area (Å²) < 4.78 is 1.50. The molecule has 8 nitrogen and oxygen atoms in total. The molecule has 0 radical (unpaired) electrons. The lowest BCUT2D eigenvalue weighted by atomic mass is 10.2. The lowest BCUT2D eigenvalue weighted by molar-refractivity contribution is 0.0930. The van der Waals surface area contributed by atoms with Gasteiger partial charge in [0.1, 0.15) is 17.8 Å². The topological polar surface area (TPSA) is 115 Å². The molecule has 2 aromatic heterocycles. The molecule has 0 bridgehead atoms. The van der Waals surface area contributed by atoms with Gasteiger partial charge in [0.2, 0.25) is 0 Å². The fraction of sp³-hybridized carbons (Fsp3) is 0.455. The lowest BCUT2D eigenvalue weighted by Gasteiger charge is -2.11. The summed E-state index contributed by atoms with van der Waals surface area (Å²) in [5.74, 6) is 0.306. The highest BCUT2D eigenvalue weighted by molar-refractivity contribution is 5.98. The zero-order valence-electron chi connectivity index (χ0n) is 11.1. The number of nitrogens with zero attached hydrogens (tertiary/aromatic N) is 4. The van der Waals surface area contributed by atoms with Crippen molar-refractivity contribution in [3.63, 3.8) is 0 Å². The fourth-order valence-electron chi connectivity index (χ4n) is 1.88. The predicted molar refractivity (Wildman–Crippen MR) is 69.3 cm³/mol. The number of H-pyrrole nitrogens is 1. The van der Waals surface area contributed by atoms with Gasteiger partial charge in [0, 0.05) is 7.05 Å². The second-order valence-electron chi connectivity index (χ2n) is 4.25. The number of nitrogens with two attached hydrogens (primary N) is 1. The minimum atomic E-state index is -0.283. The van der Waals surface area contributed by atoms with Crippen molar-refractivity contribution in [2.75, 3.05) is 5.73 Å². The van der Waals surface area contributed by atoms with Gasteiger partial charge >= 0.3 is 0 Å². The van der Waals surface area contributed by atoms with E-state index in [0.717, 1.165) is 5.69 Å². The second kappa shape index (κ2) is 5.09. The van der Waals surface area contributed by atoms with Crippen molar-refractivity contribution in [2.45, 2.75) is 26.3 Å². The van der Waals surface area contributed by atoms with Gasteiger partial charge in [-0.25, -0.2) is 4.98 Å². The van der Waals surface area contributed by atoms with E-state index < -0.39 is 0 Å². The molecule has 102 valence electrons. The molecule has 0 aliphatic heterocycles. The predicted octanol–water partition coefficient (Wildman–Crippen LogP) is 0.174. The first-order chi connectivity index (χ1) is 9.04. The summed E-state index contributed by atoms with van der Waals surface area (Å²) in [6.07, 6.45) is 2.08. The van der Waals surface area contributed by atoms with Gasteiger partial charge in [-0.05, 0) is 13.3 Å². The summed E-state index contributed by atoms with van der Waals surface area (Å²) in [4.78, 5) is 16.2. The third kappa shape index (κ3) is 2.42. The highest BCUT2D eigenvalue weighted by atomic mass is 16.2. The van der Waals surface area contributed by atoms with Crippen LogP contribution in [0.1, 0.15) is 41.9 Å². The van der Waals surface area contributed by atoms with Gasteiger partial charge in [0.05, 0.1) is 17.4 Å². The van der Waals surface area contributed by atoms with Crippen molar-refractivity contribution in [3.05, 3.63) is 23.5 Å². The van der Waals surface area contributed by atoms with Crippen molar-refractivity contribution in [1.82, 2.24) is 30.3 Å². The molecule has 4 N–H and O–H groups in total. The molecule has 2 rings (SSSR count). The molecule has 0 aromatic carbocycles. The lowest BCUT2D eigenvalue weighted by Crippen LogP contribution is -2.29. The molecular formula is C11H17N7O. The Morgan fingerprint density at radius 1 is 1.63 bits per heavy atom. The maximum atomic E-state index is 12.2. The number of aromatic amines is 1. The van der Waals surface area contributed by atoms with Crippen LogP contribution in [0.15, 0.2) is 6.33 Å². The summed E-state index contributed by atoms with van der Waals surface area (Å²) in [6, 6.07) is -0.283. The minimum Gasteiger partial charge on any atom is -0.395 e. The zero-order valence-corrected chi connectivity index (χ0v) is 11.1. The van der Waals surface area contributed by atoms with Gasteiger partial charge in [-0.1, -0.05) is 6.92 Å². The van der Waals surface area contributed by atoms with Crippen LogP contribution in [0.2, 0.25) is 0 Å². The van der Waals surface area contributed by atoms with Crippen LogP contribution in [0, 0.1) is 0 Å². The maximum absolute atomic E-state index is 12.2. The Balaban J connectivity index is 2.19. The van der Waals surface area contributed by atoms with E-state index in [1.807, 2.05) is 13.8 Å². The number of nitrogen functional groups attached to an aromatic ring is 1. The number of aryl methyl sites for hydroxylation is 2. The molecule has 0 aliphatic carbocycles. The second-order valence-corrected chi connectivity index (χ2v) is 4.25. The van der Waals surface area contributed by atoms with Gasteiger partial charge < -0.3 is 11.1 Å². The first kappa shape index (κ1) is 13.1. The van der Waals surface area contributed by atoms with Crippen molar-refractivity contribution in [2.24, 2.45) is 7.05 Å². The molecule has 0 saturated heterocycles. The van der Waals surface area contributed by atoms with Crippen molar-refractivity contribution < 1.29 is 4.79 Å². The smallest absolute Gasteiger partial charge is 0.272 e. The standard InChI is InChI=1S/C11H17N7O/c1-4-7-8(12)9(18(3)17-7)11(19)15-6(2)10-13-5-14-16-10/h5-6H,4,12H2,1-3H3,(H,15,19)(H,13,14,16). The number of nitrogens with one attached hydrogen (secondary N) is 2. The molecule has 1 amide bonds. The molecule has 1 atom stereocenters. The Morgan fingerprint density at radius 2 is 2.37 bits per heavy atom. The maximum Gasteiger partial charge on any atom is 0.272 e. The van der Waals surface area contributed by atoms with E-state index in [-0.39, 0.29) is 11.9 Å². The van der Waals surface area contributed by atoms with E-state index in [1.54, 1.807) is 7.05 Å². The summed E-state index contributed by atoms with van der Waals surface area (Å²) in [7, 11) is 1.70. The van der Waals surface area contributed by atoms with Gasteiger partial charge in [0.25, 0.3) is 5.91 Å². The van der Waals surface area contributed by atoms with Crippen LogP contribution in [-0.2, 0) is 13.5 Å². The largest absolute Gasteiger partial charge is 0.395 e. The number of rotatable bonds is 4. The number of amides is 1. The van der Waals surface area contributed by atoms with Crippen molar-refractivity contribution in [3.8, 4) is 0 Å². The van der Waals surface area contributed by atoms with Gasteiger partial charge in [-0.2, -0.15) is 10.2 Å². The van der Waals surface area contributed by atoms with Crippen molar-refractivity contribution >= 4 is 11.6 Å². The molecule has 0 fully saturated rings. The third-order valence-electron chi connectivity index (χ3n) is 2.90. The third-order valence-corrected chi connectivity index (χ3v) is 2.90. The number of carbonyl (C=O) groups excluding carboxylic acids is 1. The van der Waals surface area contributed by atoms with Crippen LogP contribution in [0.25, 0.3) is 0 Å².